The molecule has 7 heteroatoms. The summed E-state index contributed by atoms with van der Waals surface area (Å²) in [5.74, 6) is 0.730. The number of benzene rings is 3. The lowest BCUT2D eigenvalue weighted by molar-refractivity contribution is 0.0162. The number of imidazole rings is 1. The second-order valence-corrected chi connectivity index (χ2v) is 8.30. The molecule has 1 amide bonds. The molecule has 0 aliphatic carbocycles. The van der Waals surface area contributed by atoms with Crippen molar-refractivity contribution in [3.05, 3.63) is 90.3 Å². The van der Waals surface area contributed by atoms with Gasteiger partial charge in [0.1, 0.15) is 12.1 Å². The van der Waals surface area contributed by atoms with E-state index >= 15 is 0 Å². The van der Waals surface area contributed by atoms with E-state index in [-0.39, 0.29) is 11.9 Å². The summed E-state index contributed by atoms with van der Waals surface area (Å²) in [5, 5.41) is 3.14. The third-order valence-electron chi connectivity index (χ3n) is 6.30. The van der Waals surface area contributed by atoms with Gasteiger partial charge in [-0.2, -0.15) is 0 Å². The molecule has 1 fully saturated rings. The number of carbonyl (C=O) groups is 1. The number of ether oxygens (including phenoxy) is 2. The summed E-state index contributed by atoms with van der Waals surface area (Å²) in [7, 11) is 1.66. The summed E-state index contributed by atoms with van der Waals surface area (Å²) >= 11 is 0. The van der Waals surface area contributed by atoms with E-state index in [1.807, 2.05) is 71.6 Å². The zero-order valence-electron chi connectivity index (χ0n) is 19.2. The number of para-hydroxylation sites is 2. The summed E-state index contributed by atoms with van der Waals surface area (Å²) < 4.78 is 12.9. The van der Waals surface area contributed by atoms with E-state index < -0.39 is 0 Å². The minimum atomic E-state index is -0.0891. The molecule has 0 spiro atoms. The third-order valence-corrected chi connectivity index (χ3v) is 6.30. The van der Waals surface area contributed by atoms with Gasteiger partial charge in [-0.05, 0) is 54.1 Å². The molecule has 3 aromatic carbocycles. The molecule has 0 unspecified atom stereocenters. The van der Waals surface area contributed by atoms with Crippen LogP contribution >= 0.6 is 0 Å². The fraction of sp³-hybridized carbons (Fsp3) is 0.259. The lowest BCUT2D eigenvalue weighted by Gasteiger charge is -2.35. The molecule has 2 heterocycles. The Hall–Kier alpha value is -3.68. The molecule has 1 aliphatic heterocycles. The first kappa shape index (κ1) is 22.1. The Morgan fingerprint density at radius 3 is 2.50 bits per heavy atom. The lowest BCUT2D eigenvalue weighted by Crippen LogP contribution is -2.43. The molecule has 1 atom stereocenters. The van der Waals surface area contributed by atoms with Crippen molar-refractivity contribution in [2.45, 2.75) is 6.04 Å². The summed E-state index contributed by atoms with van der Waals surface area (Å²) in [6.07, 6.45) is 1.81. The number of amides is 1. The molecule has 7 nitrogen and oxygen atoms in total. The van der Waals surface area contributed by atoms with Crippen molar-refractivity contribution < 1.29 is 14.3 Å². The number of fused-ring (bicyclic) bond motifs is 1. The molecule has 174 valence electrons. The summed E-state index contributed by atoms with van der Waals surface area (Å²) in [5.41, 5.74) is 4.72. The van der Waals surface area contributed by atoms with E-state index in [1.165, 1.54) is 0 Å². The maximum atomic E-state index is 13.0. The van der Waals surface area contributed by atoms with Crippen LogP contribution in [0.4, 0.5) is 0 Å². The normalized spacial score (nSPS) is 15.2. The quantitative estimate of drug-likeness (QED) is 0.458. The summed E-state index contributed by atoms with van der Waals surface area (Å²) in [6.45, 7) is 3.58. The number of nitrogens with one attached hydrogen (secondary N) is 1. The number of methoxy groups -OCH3 is 1. The van der Waals surface area contributed by atoms with Gasteiger partial charge in [-0.3, -0.25) is 14.3 Å². The number of rotatable bonds is 7. The topological polar surface area (TPSA) is 68.6 Å². The van der Waals surface area contributed by atoms with Crippen molar-refractivity contribution in [1.29, 1.82) is 0 Å². The van der Waals surface area contributed by atoms with Crippen LogP contribution < -0.4 is 10.1 Å². The van der Waals surface area contributed by atoms with E-state index in [0.29, 0.717) is 25.3 Å². The standard InChI is InChI=1S/C27H28N4O3/c1-33-23-12-8-20(9-13-23)26(30-14-16-34-17-15-30)18-28-27(32)21-6-10-22(11-7-21)31-19-29-24-4-2-3-5-25(24)31/h2-13,19,26H,14-18H2,1H3,(H,28,32)/t26-/m1/s1. The van der Waals surface area contributed by atoms with Gasteiger partial charge in [0.05, 0.1) is 37.4 Å². The van der Waals surface area contributed by atoms with Crippen LogP contribution in [0.3, 0.4) is 0 Å². The largest absolute Gasteiger partial charge is 0.497 e. The fourth-order valence-corrected chi connectivity index (χ4v) is 4.40. The van der Waals surface area contributed by atoms with Crippen LogP contribution in [0.1, 0.15) is 22.0 Å². The number of morpholine rings is 1. The second-order valence-electron chi connectivity index (χ2n) is 8.30. The first-order chi connectivity index (χ1) is 16.7. The minimum absolute atomic E-state index is 0.0651. The number of nitrogens with zero attached hydrogens (tertiary/aromatic N) is 3. The molecule has 1 aliphatic rings. The summed E-state index contributed by atoms with van der Waals surface area (Å²) in [4.78, 5) is 19.8. The average molecular weight is 457 g/mol. The fourth-order valence-electron chi connectivity index (χ4n) is 4.40. The van der Waals surface area contributed by atoms with E-state index in [4.69, 9.17) is 9.47 Å². The van der Waals surface area contributed by atoms with Gasteiger partial charge in [-0.25, -0.2) is 4.98 Å². The number of carbonyl (C=O) groups excluding carboxylic acids is 1. The van der Waals surface area contributed by atoms with Crippen molar-refractivity contribution in [2.75, 3.05) is 40.0 Å². The molecule has 0 radical (unpaired) electrons. The molecule has 4 aromatic rings. The Kier molecular flexibility index (Phi) is 6.56. The van der Waals surface area contributed by atoms with Gasteiger partial charge in [-0.15, -0.1) is 0 Å². The van der Waals surface area contributed by atoms with Gasteiger partial charge >= 0.3 is 0 Å². The number of hydrogen-bond acceptors (Lipinski definition) is 5. The molecular weight excluding hydrogens is 428 g/mol. The number of hydrogen-bond donors (Lipinski definition) is 1. The zero-order chi connectivity index (χ0) is 23.3. The molecular formula is C27H28N4O3. The average Bonchev–Trinajstić information content (AvgIpc) is 3.34. The number of aromatic nitrogens is 2. The van der Waals surface area contributed by atoms with E-state index in [0.717, 1.165) is 41.1 Å². The highest BCUT2D eigenvalue weighted by atomic mass is 16.5. The van der Waals surface area contributed by atoms with Crippen molar-refractivity contribution in [2.24, 2.45) is 0 Å². The van der Waals surface area contributed by atoms with Crippen molar-refractivity contribution in [3.8, 4) is 11.4 Å². The molecule has 1 aromatic heterocycles. The first-order valence-corrected chi connectivity index (χ1v) is 11.5. The minimum Gasteiger partial charge on any atom is -0.497 e. The highest BCUT2D eigenvalue weighted by Gasteiger charge is 2.23. The van der Waals surface area contributed by atoms with Crippen molar-refractivity contribution in [3.63, 3.8) is 0 Å². The highest BCUT2D eigenvalue weighted by Crippen LogP contribution is 2.24. The second kappa shape index (κ2) is 10.1. The highest BCUT2D eigenvalue weighted by molar-refractivity contribution is 5.94. The Labute approximate surface area is 198 Å². The Morgan fingerprint density at radius 2 is 1.76 bits per heavy atom. The van der Waals surface area contributed by atoms with Crippen LogP contribution in [0.15, 0.2) is 79.1 Å². The molecule has 1 saturated heterocycles. The van der Waals surface area contributed by atoms with E-state index in [9.17, 15) is 4.79 Å². The molecule has 5 rings (SSSR count). The molecule has 1 N–H and O–H groups in total. The van der Waals surface area contributed by atoms with E-state index in [2.05, 4.69) is 27.3 Å². The van der Waals surface area contributed by atoms with Gasteiger partial charge in [0.15, 0.2) is 0 Å². The van der Waals surface area contributed by atoms with Gasteiger partial charge in [0, 0.05) is 30.9 Å². The maximum Gasteiger partial charge on any atom is 0.251 e. The zero-order valence-corrected chi connectivity index (χ0v) is 19.2. The SMILES string of the molecule is COc1ccc([C@@H](CNC(=O)c2ccc(-n3cnc4ccccc43)cc2)N2CCOCC2)cc1. The van der Waals surface area contributed by atoms with Crippen LogP contribution in [0.2, 0.25) is 0 Å². The van der Waals surface area contributed by atoms with Crippen LogP contribution in [0.25, 0.3) is 16.7 Å². The Balaban J connectivity index is 1.29. The first-order valence-electron chi connectivity index (χ1n) is 11.5. The van der Waals surface area contributed by atoms with Gasteiger partial charge < -0.3 is 14.8 Å². The molecule has 0 saturated carbocycles. The predicted molar refractivity (Wildman–Crippen MR) is 132 cm³/mol. The van der Waals surface area contributed by atoms with Crippen molar-refractivity contribution >= 4 is 16.9 Å². The van der Waals surface area contributed by atoms with Gasteiger partial charge in [0.2, 0.25) is 0 Å². The van der Waals surface area contributed by atoms with Crippen LogP contribution in [-0.2, 0) is 4.74 Å². The van der Waals surface area contributed by atoms with Gasteiger partial charge in [-0.1, -0.05) is 24.3 Å². The third kappa shape index (κ3) is 4.66. The van der Waals surface area contributed by atoms with E-state index in [1.54, 1.807) is 7.11 Å². The molecule has 34 heavy (non-hydrogen) atoms. The van der Waals surface area contributed by atoms with Crippen LogP contribution in [-0.4, -0.2) is 60.3 Å². The lowest BCUT2D eigenvalue weighted by atomic mass is 10.0. The summed E-state index contributed by atoms with van der Waals surface area (Å²) in [6, 6.07) is 23.7. The Bertz CT molecular complexity index is 1250. The van der Waals surface area contributed by atoms with Gasteiger partial charge in [0.25, 0.3) is 5.91 Å². The monoisotopic (exact) mass is 456 g/mol. The van der Waals surface area contributed by atoms with Crippen LogP contribution in [0.5, 0.6) is 5.75 Å². The van der Waals surface area contributed by atoms with Crippen molar-refractivity contribution in [1.82, 2.24) is 19.8 Å². The Morgan fingerprint density at radius 1 is 1.03 bits per heavy atom. The molecule has 0 bridgehead atoms. The maximum absolute atomic E-state index is 13.0. The van der Waals surface area contributed by atoms with Crippen LogP contribution in [0, 0.1) is 0 Å². The predicted octanol–water partition coefficient (Wildman–Crippen LogP) is 3.84. The smallest absolute Gasteiger partial charge is 0.251 e.